The first-order valence-corrected chi connectivity index (χ1v) is 6.94. The summed E-state index contributed by atoms with van der Waals surface area (Å²) in [7, 11) is 0. The normalized spacial score (nSPS) is 17.8. The number of ether oxygens (including phenoxy) is 2. The third-order valence-corrected chi connectivity index (χ3v) is 3.67. The molecule has 1 aliphatic heterocycles. The summed E-state index contributed by atoms with van der Waals surface area (Å²) in [4.78, 5) is 0. The van der Waals surface area contributed by atoms with Crippen LogP contribution in [0.25, 0.3) is 5.69 Å². The number of aromatic nitrogens is 3. The Labute approximate surface area is 116 Å². The number of nitrogen functional groups attached to an aromatic ring is 1. The van der Waals surface area contributed by atoms with Gasteiger partial charge in [0.05, 0.1) is 24.6 Å². The van der Waals surface area contributed by atoms with Crippen molar-refractivity contribution in [1.29, 1.82) is 0 Å². The van der Waals surface area contributed by atoms with Gasteiger partial charge in [0.1, 0.15) is 0 Å². The lowest BCUT2D eigenvalue weighted by molar-refractivity contribution is 0.297. The summed E-state index contributed by atoms with van der Waals surface area (Å²) in [6.45, 7) is 1.36. The number of hydrogen-bond donors (Lipinski definition) is 1. The van der Waals surface area contributed by atoms with Gasteiger partial charge < -0.3 is 15.2 Å². The molecule has 1 aromatic heterocycles. The molecule has 2 N–H and O–H groups in total. The Hall–Kier alpha value is -2.24. The van der Waals surface area contributed by atoms with Crippen LogP contribution in [0.3, 0.4) is 0 Å². The van der Waals surface area contributed by atoms with Gasteiger partial charge in [-0.2, -0.15) is 0 Å². The van der Waals surface area contributed by atoms with Crippen molar-refractivity contribution in [3.8, 4) is 17.2 Å². The van der Waals surface area contributed by atoms with Gasteiger partial charge in [0.25, 0.3) is 0 Å². The van der Waals surface area contributed by atoms with E-state index in [9.17, 15) is 0 Å². The van der Waals surface area contributed by atoms with Crippen LogP contribution in [0.4, 0.5) is 5.82 Å². The minimum atomic E-state index is 0.487. The summed E-state index contributed by atoms with van der Waals surface area (Å²) in [5.41, 5.74) is 7.86. The van der Waals surface area contributed by atoms with Crippen molar-refractivity contribution in [3.63, 3.8) is 0 Å². The van der Waals surface area contributed by atoms with Crippen LogP contribution in [-0.4, -0.2) is 28.2 Å². The Morgan fingerprint density at radius 1 is 1.15 bits per heavy atom. The van der Waals surface area contributed by atoms with Gasteiger partial charge in [-0.1, -0.05) is 5.21 Å². The summed E-state index contributed by atoms with van der Waals surface area (Å²) in [5.74, 6) is 2.56. The zero-order valence-corrected chi connectivity index (χ0v) is 11.1. The van der Waals surface area contributed by atoms with Gasteiger partial charge in [0, 0.05) is 18.4 Å². The maximum atomic E-state index is 5.93. The number of hydrogen-bond acceptors (Lipinski definition) is 5. The zero-order chi connectivity index (χ0) is 13.5. The number of fused-ring (bicyclic) bond motifs is 1. The van der Waals surface area contributed by atoms with E-state index in [1.165, 1.54) is 0 Å². The van der Waals surface area contributed by atoms with Crippen LogP contribution < -0.4 is 15.2 Å². The lowest BCUT2D eigenvalue weighted by Crippen LogP contribution is -2.03. The van der Waals surface area contributed by atoms with Gasteiger partial charge in [0.15, 0.2) is 17.3 Å². The molecule has 1 aliphatic carbocycles. The standard InChI is InChI=1S/C14H16N4O2/c15-14-13(9-2-3-9)18(17-16-14)10-4-5-11-12(8-10)20-7-1-6-19-11/h4-5,8-9H,1-3,6-7,15H2. The molecule has 6 nitrogen and oxygen atoms in total. The first-order valence-electron chi connectivity index (χ1n) is 6.94. The Bertz CT molecular complexity index is 649. The van der Waals surface area contributed by atoms with E-state index >= 15 is 0 Å². The van der Waals surface area contributed by atoms with Gasteiger partial charge in [-0.25, -0.2) is 4.68 Å². The molecule has 0 radical (unpaired) electrons. The van der Waals surface area contributed by atoms with Crippen molar-refractivity contribution in [2.45, 2.75) is 25.2 Å². The minimum absolute atomic E-state index is 0.487. The van der Waals surface area contributed by atoms with Gasteiger partial charge in [-0.15, -0.1) is 5.10 Å². The quantitative estimate of drug-likeness (QED) is 0.903. The lowest BCUT2D eigenvalue weighted by Gasteiger charge is -2.10. The molecule has 0 unspecified atom stereocenters. The van der Waals surface area contributed by atoms with Gasteiger partial charge in [-0.3, -0.25) is 0 Å². The van der Waals surface area contributed by atoms with E-state index in [4.69, 9.17) is 15.2 Å². The van der Waals surface area contributed by atoms with E-state index in [0.717, 1.165) is 42.1 Å². The molecule has 4 rings (SSSR count). The summed E-state index contributed by atoms with van der Waals surface area (Å²) >= 11 is 0. The number of nitrogens with two attached hydrogens (primary N) is 1. The predicted octanol–water partition coefficient (Wildman–Crippen LogP) is 1.89. The average Bonchev–Trinajstić information content (AvgIpc) is 3.25. The molecule has 20 heavy (non-hydrogen) atoms. The molecular weight excluding hydrogens is 256 g/mol. The van der Waals surface area contributed by atoms with Crippen molar-refractivity contribution in [3.05, 3.63) is 23.9 Å². The molecule has 0 atom stereocenters. The Kier molecular flexibility index (Phi) is 2.55. The number of nitrogens with zero attached hydrogens (tertiary/aromatic N) is 3. The Morgan fingerprint density at radius 2 is 1.95 bits per heavy atom. The van der Waals surface area contributed by atoms with Crippen molar-refractivity contribution < 1.29 is 9.47 Å². The number of anilines is 1. The third kappa shape index (κ3) is 1.88. The van der Waals surface area contributed by atoms with Gasteiger partial charge in [0.2, 0.25) is 0 Å². The SMILES string of the molecule is Nc1nnn(-c2ccc3c(c2)OCCCO3)c1C1CC1. The molecule has 1 saturated carbocycles. The van der Waals surface area contributed by atoms with Crippen molar-refractivity contribution >= 4 is 5.82 Å². The van der Waals surface area contributed by atoms with Crippen LogP contribution in [0.1, 0.15) is 30.9 Å². The van der Waals surface area contributed by atoms with E-state index in [0.29, 0.717) is 24.9 Å². The number of benzene rings is 1. The van der Waals surface area contributed by atoms with Crippen LogP contribution in [0, 0.1) is 0 Å². The topological polar surface area (TPSA) is 75.2 Å². The Balaban J connectivity index is 1.77. The highest BCUT2D eigenvalue weighted by molar-refractivity contribution is 5.51. The maximum absolute atomic E-state index is 5.93. The molecule has 0 bridgehead atoms. The van der Waals surface area contributed by atoms with E-state index in [1.54, 1.807) is 0 Å². The smallest absolute Gasteiger partial charge is 0.169 e. The van der Waals surface area contributed by atoms with Crippen molar-refractivity contribution in [1.82, 2.24) is 15.0 Å². The van der Waals surface area contributed by atoms with E-state index < -0.39 is 0 Å². The zero-order valence-electron chi connectivity index (χ0n) is 11.1. The van der Waals surface area contributed by atoms with Crippen LogP contribution in [-0.2, 0) is 0 Å². The summed E-state index contributed by atoms with van der Waals surface area (Å²) < 4.78 is 13.2. The maximum Gasteiger partial charge on any atom is 0.169 e. The van der Waals surface area contributed by atoms with Gasteiger partial charge >= 0.3 is 0 Å². The molecular formula is C14H16N4O2. The molecule has 2 aliphatic rings. The van der Waals surface area contributed by atoms with Crippen LogP contribution in [0.2, 0.25) is 0 Å². The molecule has 2 aromatic rings. The summed E-state index contributed by atoms with van der Waals surface area (Å²) in [6.07, 6.45) is 3.21. The minimum Gasteiger partial charge on any atom is -0.490 e. The second-order valence-corrected chi connectivity index (χ2v) is 5.23. The fraction of sp³-hybridized carbons (Fsp3) is 0.429. The summed E-state index contributed by atoms with van der Waals surface area (Å²) in [5, 5.41) is 8.17. The first-order chi connectivity index (χ1) is 9.83. The molecule has 1 fully saturated rings. The third-order valence-electron chi connectivity index (χ3n) is 3.67. The highest BCUT2D eigenvalue weighted by Crippen LogP contribution is 2.43. The fourth-order valence-corrected chi connectivity index (χ4v) is 2.51. The first kappa shape index (κ1) is 11.6. The van der Waals surface area contributed by atoms with E-state index in [2.05, 4.69) is 10.3 Å². The van der Waals surface area contributed by atoms with Gasteiger partial charge in [-0.05, 0) is 25.0 Å². The molecule has 104 valence electrons. The van der Waals surface area contributed by atoms with E-state index in [-0.39, 0.29) is 0 Å². The molecule has 0 spiro atoms. The van der Waals surface area contributed by atoms with Crippen LogP contribution in [0.5, 0.6) is 11.5 Å². The van der Waals surface area contributed by atoms with Crippen molar-refractivity contribution in [2.75, 3.05) is 18.9 Å². The number of rotatable bonds is 2. The predicted molar refractivity (Wildman–Crippen MR) is 73.4 cm³/mol. The molecule has 1 aromatic carbocycles. The second-order valence-electron chi connectivity index (χ2n) is 5.23. The largest absolute Gasteiger partial charge is 0.490 e. The second kappa shape index (κ2) is 4.40. The lowest BCUT2D eigenvalue weighted by atomic mass is 10.2. The molecule has 0 amide bonds. The monoisotopic (exact) mass is 272 g/mol. The Morgan fingerprint density at radius 3 is 2.75 bits per heavy atom. The van der Waals surface area contributed by atoms with E-state index in [1.807, 2.05) is 22.9 Å². The highest BCUT2D eigenvalue weighted by atomic mass is 16.5. The highest BCUT2D eigenvalue weighted by Gasteiger charge is 2.31. The summed E-state index contributed by atoms with van der Waals surface area (Å²) in [6, 6.07) is 5.83. The van der Waals surface area contributed by atoms with Crippen molar-refractivity contribution in [2.24, 2.45) is 0 Å². The molecule has 2 heterocycles. The molecule has 0 saturated heterocycles. The van der Waals surface area contributed by atoms with Crippen LogP contribution in [0.15, 0.2) is 18.2 Å². The molecule has 6 heteroatoms. The fourth-order valence-electron chi connectivity index (χ4n) is 2.51. The van der Waals surface area contributed by atoms with Crippen LogP contribution >= 0.6 is 0 Å². The average molecular weight is 272 g/mol.